The molecule has 0 aromatic heterocycles. The van der Waals surface area contributed by atoms with Gasteiger partial charge in [0.05, 0.1) is 12.1 Å². The van der Waals surface area contributed by atoms with Gasteiger partial charge in [0.2, 0.25) is 0 Å². The Labute approximate surface area is 130 Å². The minimum Gasteiger partial charge on any atom is -0.495 e. The van der Waals surface area contributed by atoms with Crippen LogP contribution >= 0.6 is 39.1 Å². The van der Waals surface area contributed by atoms with E-state index >= 15 is 0 Å². The maximum absolute atomic E-state index is 5.98. The molecule has 0 spiro atoms. The summed E-state index contributed by atoms with van der Waals surface area (Å²) in [5.41, 5.74) is 2.07. The van der Waals surface area contributed by atoms with Crippen LogP contribution in [-0.2, 0) is 6.54 Å². The monoisotopic (exact) mass is 359 g/mol. The van der Waals surface area contributed by atoms with Crippen molar-refractivity contribution in [1.82, 2.24) is 0 Å². The fraction of sp³-hybridized carbons (Fsp3) is 0.143. The van der Waals surface area contributed by atoms with Gasteiger partial charge >= 0.3 is 0 Å². The lowest BCUT2D eigenvalue weighted by molar-refractivity contribution is 0.415. The van der Waals surface area contributed by atoms with Crippen molar-refractivity contribution >= 4 is 44.8 Å². The topological polar surface area (TPSA) is 21.3 Å². The first-order valence-electron chi connectivity index (χ1n) is 5.61. The third-order valence-corrected chi connectivity index (χ3v) is 3.93. The van der Waals surface area contributed by atoms with E-state index < -0.39 is 0 Å². The molecule has 0 unspecified atom stereocenters. The van der Waals surface area contributed by atoms with Crippen LogP contribution < -0.4 is 10.1 Å². The normalized spacial score (nSPS) is 10.3. The Bertz CT molecular complexity index is 590. The van der Waals surface area contributed by atoms with Crippen LogP contribution in [0.2, 0.25) is 10.0 Å². The molecule has 0 saturated heterocycles. The number of rotatable bonds is 4. The minimum atomic E-state index is 0.598. The van der Waals surface area contributed by atoms with Crippen LogP contribution in [0.4, 0.5) is 5.69 Å². The average molecular weight is 361 g/mol. The molecule has 0 bridgehead atoms. The van der Waals surface area contributed by atoms with Crippen molar-refractivity contribution in [2.45, 2.75) is 6.54 Å². The van der Waals surface area contributed by atoms with E-state index in [1.807, 2.05) is 30.3 Å². The summed E-state index contributed by atoms with van der Waals surface area (Å²) in [4.78, 5) is 0. The Balaban J connectivity index is 2.10. The van der Waals surface area contributed by atoms with Crippen molar-refractivity contribution in [2.75, 3.05) is 12.4 Å². The second kappa shape index (κ2) is 6.51. The van der Waals surface area contributed by atoms with Crippen molar-refractivity contribution in [3.05, 3.63) is 56.5 Å². The highest BCUT2D eigenvalue weighted by atomic mass is 79.9. The Hall–Kier alpha value is -0.900. The number of benzene rings is 2. The van der Waals surface area contributed by atoms with Crippen molar-refractivity contribution < 1.29 is 4.74 Å². The lowest BCUT2D eigenvalue weighted by atomic mass is 10.2. The van der Waals surface area contributed by atoms with Gasteiger partial charge in [0, 0.05) is 27.8 Å². The molecule has 2 aromatic carbocycles. The Kier molecular flexibility index (Phi) is 4.97. The zero-order chi connectivity index (χ0) is 13.8. The highest BCUT2D eigenvalue weighted by molar-refractivity contribution is 9.10. The molecule has 0 heterocycles. The van der Waals surface area contributed by atoms with Gasteiger partial charge in [0.15, 0.2) is 0 Å². The molecule has 0 aliphatic carbocycles. The van der Waals surface area contributed by atoms with Crippen molar-refractivity contribution in [1.29, 1.82) is 0 Å². The third-order valence-electron chi connectivity index (χ3n) is 2.65. The molecule has 100 valence electrons. The molecule has 0 atom stereocenters. The molecular formula is C14H12BrCl2NO. The molecule has 2 rings (SSSR count). The first-order chi connectivity index (χ1) is 9.10. The van der Waals surface area contributed by atoms with E-state index in [-0.39, 0.29) is 0 Å². The summed E-state index contributed by atoms with van der Waals surface area (Å²) in [6, 6.07) is 11.3. The second-order valence-electron chi connectivity index (χ2n) is 3.94. The molecule has 0 amide bonds. The Morgan fingerprint density at radius 2 is 1.95 bits per heavy atom. The predicted molar refractivity (Wildman–Crippen MR) is 84.5 cm³/mol. The summed E-state index contributed by atoms with van der Waals surface area (Å²) in [5.74, 6) is 0.654. The van der Waals surface area contributed by atoms with Gasteiger partial charge in [-0.1, -0.05) is 45.2 Å². The summed E-state index contributed by atoms with van der Waals surface area (Å²) in [6.45, 7) is 0.683. The van der Waals surface area contributed by atoms with Crippen molar-refractivity contribution in [2.24, 2.45) is 0 Å². The molecule has 0 saturated carbocycles. The lowest BCUT2D eigenvalue weighted by Crippen LogP contribution is -2.00. The smallest absolute Gasteiger partial charge is 0.139 e. The van der Waals surface area contributed by atoms with E-state index in [1.165, 1.54) is 0 Å². The quantitative estimate of drug-likeness (QED) is 0.790. The van der Waals surface area contributed by atoms with Crippen LogP contribution in [0.5, 0.6) is 5.75 Å². The average Bonchev–Trinajstić information content (AvgIpc) is 2.39. The molecule has 0 radical (unpaired) electrons. The third kappa shape index (κ3) is 3.78. The highest BCUT2D eigenvalue weighted by Crippen LogP contribution is 2.28. The van der Waals surface area contributed by atoms with Gasteiger partial charge in [0.1, 0.15) is 5.75 Å². The maximum Gasteiger partial charge on any atom is 0.139 e. The first kappa shape index (κ1) is 14.5. The molecule has 0 aliphatic rings. The summed E-state index contributed by atoms with van der Waals surface area (Å²) >= 11 is 15.4. The highest BCUT2D eigenvalue weighted by Gasteiger charge is 2.04. The number of hydrogen-bond acceptors (Lipinski definition) is 2. The van der Waals surface area contributed by atoms with Gasteiger partial charge < -0.3 is 10.1 Å². The summed E-state index contributed by atoms with van der Waals surface area (Å²) in [6.07, 6.45) is 0. The van der Waals surface area contributed by atoms with Gasteiger partial charge in [-0.2, -0.15) is 0 Å². The number of ether oxygens (including phenoxy) is 1. The Morgan fingerprint density at radius 3 is 2.63 bits per heavy atom. The molecule has 1 N–H and O–H groups in total. The van der Waals surface area contributed by atoms with Gasteiger partial charge in [-0.05, 0) is 29.8 Å². The number of nitrogens with one attached hydrogen (secondary N) is 1. The Morgan fingerprint density at radius 1 is 1.16 bits per heavy atom. The molecule has 19 heavy (non-hydrogen) atoms. The largest absolute Gasteiger partial charge is 0.495 e. The van der Waals surface area contributed by atoms with Crippen LogP contribution in [0.1, 0.15) is 5.56 Å². The maximum atomic E-state index is 5.98. The second-order valence-corrected chi connectivity index (χ2v) is 5.64. The van der Waals surface area contributed by atoms with Gasteiger partial charge in [-0.25, -0.2) is 0 Å². The van der Waals surface area contributed by atoms with Gasteiger partial charge in [-0.15, -0.1) is 0 Å². The van der Waals surface area contributed by atoms with E-state index in [4.69, 9.17) is 27.9 Å². The predicted octanol–water partition coefficient (Wildman–Crippen LogP) is 5.38. The van der Waals surface area contributed by atoms with Crippen molar-refractivity contribution in [3.8, 4) is 5.75 Å². The van der Waals surface area contributed by atoms with Crippen LogP contribution in [0.15, 0.2) is 40.9 Å². The van der Waals surface area contributed by atoms with E-state index in [9.17, 15) is 0 Å². The lowest BCUT2D eigenvalue weighted by Gasteiger charge is -2.10. The minimum absolute atomic E-state index is 0.598. The zero-order valence-electron chi connectivity index (χ0n) is 10.2. The van der Waals surface area contributed by atoms with Crippen molar-refractivity contribution in [3.63, 3.8) is 0 Å². The molecule has 2 aromatic rings. The van der Waals surface area contributed by atoms with Crippen LogP contribution in [0.25, 0.3) is 0 Å². The zero-order valence-corrected chi connectivity index (χ0v) is 13.3. The van der Waals surface area contributed by atoms with Crippen LogP contribution in [0, 0.1) is 0 Å². The first-order valence-corrected chi connectivity index (χ1v) is 7.16. The summed E-state index contributed by atoms with van der Waals surface area (Å²) in [7, 11) is 1.60. The number of methoxy groups -OCH3 is 1. The summed E-state index contributed by atoms with van der Waals surface area (Å²) < 4.78 is 6.16. The molecule has 2 nitrogen and oxygen atoms in total. The van der Waals surface area contributed by atoms with Gasteiger partial charge in [0.25, 0.3) is 0 Å². The number of anilines is 1. The molecular weight excluding hydrogens is 349 g/mol. The SMILES string of the molecule is COc1cc(NCc2ccc(Cl)cc2Br)ccc1Cl. The van der Waals surface area contributed by atoms with E-state index in [0.29, 0.717) is 22.3 Å². The molecule has 0 aliphatic heterocycles. The standard InChI is InChI=1S/C14H12BrCl2NO/c1-19-14-7-11(4-5-13(14)17)18-8-9-2-3-10(16)6-12(9)15/h2-7,18H,8H2,1H3. The van der Waals surface area contributed by atoms with Gasteiger partial charge in [-0.3, -0.25) is 0 Å². The fourth-order valence-electron chi connectivity index (χ4n) is 1.63. The van der Waals surface area contributed by atoms with E-state index in [0.717, 1.165) is 15.7 Å². The van der Waals surface area contributed by atoms with Crippen LogP contribution in [0.3, 0.4) is 0 Å². The van der Waals surface area contributed by atoms with E-state index in [1.54, 1.807) is 13.2 Å². The molecule has 0 fully saturated rings. The molecule has 5 heteroatoms. The fourth-order valence-corrected chi connectivity index (χ4v) is 2.65. The number of halogens is 3. The van der Waals surface area contributed by atoms with Crippen LogP contribution in [-0.4, -0.2) is 7.11 Å². The van der Waals surface area contributed by atoms with E-state index in [2.05, 4.69) is 21.2 Å². The summed E-state index contributed by atoms with van der Waals surface area (Å²) in [5, 5.41) is 4.62. The number of hydrogen-bond donors (Lipinski definition) is 1.